The van der Waals surface area contributed by atoms with Gasteiger partial charge in [-0.05, 0) is 43.5 Å². The number of aromatic nitrogens is 5. The first-order chi connectivity index (χ1) is 16.7. The first-order valence-electron chi connectivity index (χ1n) is 11.3. The van der Waals surface area contributed by atoms with Crippen LogP contribution in [-0.4, -0.2) is 51.6 Å². The Morgan fingerprint density at radius 2 is 2.06 bits per heavy atom. The van der Waals surface area contributed by atoms with Crippen LogP contribution >= 0.6 is 0 Å². The number of nitrogens with zero attached hydrogens (tertiary/aromatic N) is 5. The van der Waals surface area contributed by atoms with E-state index in [2.05, 4.69) is 42.8 Å². The summed E-state index contributed by atoms with van der Waals surface area (Å²) in [6.07, 6.45) is 6.19. The van der Waals surface area contributed by atoms with Gasteiger partial charge in [0.2, 0.25) is 5.91 Å². The molecule has 0 unspecified atom stereocenters. The topological polar surface area (TPSA) is 107 Å². The highest BCUT2D eigenvalue weighted by Gasteiger charge is 2.29. The molecule has 4 aromatic rings. The number of benzene rings is 1. The number of anilines is 2. The number of rotatable bonds is 7. The normalized spacial score (nSPS) is 13.0. The van der Waals surface area contributed by atoms with Gasteiger partial charge in [0.25, 0.3) is 0 Å². The molecule has 34 heavy (non-hydrogen) atoms. The van der Waals surface area contributed by atoms with Crippen molar-refractivity contribution in [1.29, 1.82) is 0 Å². The van der Waals surface area contributed by atoms with E-state index in [-0.39, 0.29) is 11.8 Å². The molecule has 0 radical (unpaired) electrons. The van der Waals surface area contributed by atoms with Gasteiger partial charge in [-0.2, -0.15) is 0 Å². The van der Waals surface area contributed by atoms with Gasteiger partial charge in [0, 0.05) is 62.0 Å². The molecule has 172 valence electrons. The summed E-state index contributed by atoms with van der Waals surface area (Å²) in [5.41, 5.74) is 3.37. The minimum atomic E-state index is 0.0198. The number of carbonyl (C=O) groups is 1. The molecule has 2 N–H and O–H groups in total. The molecule has 3 aromatic heterocycles. The molecular formula is C25H25N7O2. The molecule has 5 rings (SSSR count). The van der Waals surface area contributed by atoms with Crippen LogP contribution in [0.4, 0.5) is 11.6 Å². The first kappa shape index (κ1) is 21.8. The van der Waals surface area contributed by atoms with Crippen LogP contribution in [-0.2, 0) is 16.1 Å². The third-order valence-electron chi connectivity index (χ3n) is 5.78. The second kappa shape index (κ2) is 9.45. The Kier molecular flexibility index (Phi) is 6.06. The Labute approximate surface area is 196 Å². The fourth-order valence-corrected chi connectivity index (χ4v) is 3.78. The fourth-order valence-electron chi connectivity index (χ4n) is 3.78. The molecule has 0 saturated heterocycles. The van der Waals surface area contributed by atoms with Gasteiger partial charge in [-0.3, -0.25) is 4.79 Å². The zero-order chi connectivity index (χ0) is 23.5. The first-order valence-corrected chi connectivity index (χ1v) is 11.3. The molecule has 1 fully saturated rings. The quantitative estimate of drug-likeness (QED) is 0.326. The van der Waals surface area contributed by atoms with Crippen LogP contribution in [0.5, 0.6) is 0 Å². The van der Waals surface area contributed by atoms with E-state index in [1.54, 1.807) is 19.5 Å². The van der Waals surface area contributed by atoms with Crippen molar-refractivity contribution in [3.05, 3.63) is 47.8 Å². The van der Waals surface area contributed by atoms with Crippen molar-refractivity contribution < 1.29 is 9.53 Å². The van der Waals surface area contributed by atoms with Crippen LogP contribution in [0.25, 0.3) is 21.8 Å². The summed E-state index contributed by atoms with van der Waals surface area (Å²) in [5, 5.41) is 16.2. The maximum absolute atomic E-state index is 12.2. The van der Waals surface area contributed by atoms with E-state index >= 15 is 0 Å². The Morgan fingerprint density at radius 3 is 2.85 bits per heavy atom. The van der Waals surface area contributed by atoms with E-state index in [0.717, 1.165) is 58.7 Å². The Hall–Kier alpha value is -4.03. The van der Waals surface area contributed by atoms with Gasteiger partial charge in [0.05, 0.1) is 11.1 Å². The number of amides is 1. The molecule has 1 aliphatic carbocycles. The van der Waals surface area contributed by atoms with E-state index in [0.29, 0.717) is 18.2 Å². The third-order valence-corrected chi connectivity index (χ3v) is 5.78. The highest BCUT2D eigenvalue weighted by Crippen LogP contribution is 2.31. The molecule has 0 aliphatic heterocycles. The minimum absolute atomic E-state index is 0.0198. The highest BCUT2D eigenvalue weighted by atomic mass is 16.5. The zero-order valence-electron chi connectivity index (χ0n) is 19.1. The lowest BCUT2D eigenvalue weighted by atomic mass is 10.1. The Balaban J connectivity index is 1.48. The predicted molar refractivity (Wildman–Crippen MR) is 130 cm³/mol. The van der Waals surface area contributed by atoms with Crippen LogP contribution in [0.3, 0.4) is 0 Å². The van der Waals surface area contributed by atoms with Crippen LogP contribution < -0.4 is 10.6 Å². The average molecular weight is 456 g/mol. The Bertz CT molecular complexity index is 1430. The van der Waals surface area contributed by atoms with Gasteiger partial charge in [0.15, 0.2) is 0 Å². The summed E-state index contributed by atoms with van der Waals surface area (Å²) in [7, 11) is 3.50. The molecule has 1 amide bonds. The van der Waals surface area contributed by atoms with Gasteiger partial charge in [-0.1, -0.05) is 17.1 Å². The number of carbonyl (C=O) groups excluding carboxylic acids is 1. The molecule has 3 heterocycles. The number of methoxy groups -OCH3 is 1. The maximum atomic E-state index is 12.2. The molecule has 9 nitrogen and oxygen atoms in total. The number of pyridine rings is 2. The molecule has 1 aromatic carbocycles. The zero-order valence-corrected chi connectivity index (χ0v) is 19.1. The number of hydrogen-bond acceptors (Lipinski definition) is 7. The van der Waals surface area contributed by atoms with E-state index in [1.807, 2.05) is 36.0 Å². The van der Waals surface area contributed by atoms with Crippen LogP contribution in [0.15, 0.2) is 36.7 Å². The third kappa shape index (κ3) is 4.54. The summed E-state index contributed by atoms with van der Waals surface area (Å²) >= 11 is 0. The SMILES string of the molecule is CNc1ncc(C#Cc2ccc3nnn(CCCOC)c3c2)c2cc(NC(=O)C3CC3)ncc12. The molecule has 1 saturated carbocycles. The second-order valence-electron chi connectivity index (χ2n) is 8.26. The second-order valence-corrected chi connectivity index (χ2v) is 8.26. The van der Waals surface area contributed by atoms with Crippen molar-refractivity contribution in [2.45, 2.75) is 25.8 Å². The standard InChI is InChI=1S/C25H25N7O2/c1-26-24-20-15-27-23(29-25(33)17-7-8-17)13-19(20)18(14-28-24)6-4-16-5-9-21-22(12-16)32(31-30-21)10-3-11-34-2/h5,9,12-15,17H,3,7-8,10-11H2,1-2H3,(H,26,28)(H,27,29,33). The highest BCUT2D eigenvalue weighted by molar-refractivity contribution is 5.99. The van der Waals surface area contributed by atoms with Crippen LogP contribution in [0.2, 0.25) is 0 Å². The average Bonchev–Trinajstić information content (AvgIpc) is 3.64. The lowest BCUT2D eigenvalue weighted by Gasteiger charge is -2.09. The Morgan fingerprint density at radius 1 is 1.18 bits per heavy atom. The van der Waals surface area contributed by atoms with Gasteiger partial charge < -0.3 is 15.4 Å². The minimum Gasteiger partial charge on any atom is -0.385 e. The van der Waals surface area contributed by atoms with Crippen LogP contribution in [0, 0.1) is 17.8 Å². The number of hydrogen-bond donors (Lipinski definition) is 2. The lowest BCUT2D eigenvalue weighted by molar-refractivity contribution is -0.117. The lowest BCUT2D eigenvalue weighted by Crippen LogP contribution is -2.14. The predicted octanol–water partition coefficient (Wildman–Crippen LogP) is 3.20. The van der Waals surface area contributed by atoms with Gasteiger partial charge in [-0.15, -0.1) is 5.10 Å². The van der Waals surface area contributed by atoms with Crippen molar-refractivity contribution in [3.8, 4) is 11.8 Å². The van der Waals surface area contributed by atoms with E-state index in [1.165, 1.54) is 0 Å². The summed E-state index contributed by atoms with van der Waals surface area (Å²) < 4.78 is 7.01. The molecule has 0 atom stereocenters. The summed E-state index contributed by atoms with van der Waals surface area (Å²) in [5.74, 6) is 7.85. The summed E-state index contributed by atoms with van der Waals surface area (Å²) in [6.45, 7) is 1.39. The van der Waals surface area contributed by atoms with E-state index < -0.39 is 0 Å². The van der Waals surface area contributed by atoms with Crippen molar-refractivity contribution in [1.82, 2.24) is 25.0 Å². The smallest absolute Gasteiger partial charge is 0.228 e. The monoisotopic (exact) mass is 455 g/mol. The molecule has 9 heteroatoms. The molecule has 0 bridgehead atoms. The van der Waals surface area contributed by atoms with Crippen molar-refractivity contribution in [2.75, 3.05) is 31.4 Å². The van der Waals surface area contributed by atoms with Gasteiger partial charge >= 0.3 is 0 Å². The van der Waals surface area contributed by atoms with Gasteiger partial charge in [0.1, 0.15) is 17.2 Å². The van der Waals surface area contributed by atoms with Crippen molar-refractivity contribution >= 4 is 39.3 Å². The number of fused-ring (bicyclic) bond motifs is 2. The van der Waals surface area contributed by atoms with Crippen LogP contribution in [0.1, 0.15) is 30.4 Å². The van der Waals surface area contributed by atoms with Crippen molar-refractivity contribution in [2.24, 2.45) is 5.92 Å². The molecular weight excluding hydrogens is 430 g/mol. The number of aryl methyl sites for hydroxylation is 1. The number of nitrogens with one attached hydrogen (secondary N) is 2. The largest absolute Gasteiger partial charge is 0.385 e. The summed E-state index contributed by atoms with van der Waals surface area (Å²) in [4.78, 5) is 21.1. The fraction of sp³-hybridized carbons (Fsp3) is 0.320. The van der Waals surface area contributed by atoms with Gasteiger partial charge in [-0.25, -0.2) is 14.6 Å². The number of ether oxygens (including phenoxy) is 1. The maximum Gasteiger partial charge on any atom is 0.228 e. The van der Waals surface area contributed by atoms with E-state index in [9.17, 15) is 4.79 Å². The molecule has 1 aliphatic rings. The summed E-state index contributed by atoms with van der Waals surface area (Å²) in [6, 6.07) is 7.72. The van der Waals surface area contributed by atoms with E-state index in [4.69, 9.17) is 4.74 Å². The molecule has 0 spiro atoms. The van der Waals surface area contributed by atoms with Crippen molar-refractivity contribution in [3.63, 3.8) is 0 Å².